The van der Waals surface area contributed by atoms with Crippen molar-refractivity contribution in [3.63, 3.8) is 0 Å². The van der Waals surface area contributed by atoms with Crippen LogP contribution in [0.2, 0.25) is 0 Å². The number of amides is 1. The lowest BCUT2D eigenvalue weighted by Crippen LogP contribution is -2.36. The normalized spacial score (nSPS) is 17.4. The van der Waals surface area contributed by atoms with Crippen molar-refractivity contribution in [2.45, 2.75) is 56.5 Å². The van der Waals surface area contributed by atoms with Crippen LogP contribution in [0.15, 0.2) is 57.9 Å². The molecule has 1 N–H and O–H groups in total. The number of fused-ring (bicyclic) bond motifs is 1. The summed E-state index contributed by atoms with van der Waals surface area (Å²) >= 11 is 0. The van der Waals surface area contributed by atoms with Gasteiger partial charge in [-0.05, 0) is 54.5 Å². The standard InChI is InChI=1S/C25H28N4O4S/c1-16(2)22(25-27-23(28-33-25)18-10-11-18)26-24(30)19-8-5-9-21(14-19)34(31,32)29-13-12-17-6-3-4-7-20(17)15-29/h3-9,14,16,18,22H,10-13,15H2,1-2H3,(H,26,30). The van der Waals surface area contributed by atoms with E-state index < -0.39 is 16.1 Å². The summed E-state index contributed by atoms with van der Waals surface area (Å²) in [5.41, 5.74) is 2.45. The Labute approximate surface area is 199 Å². The van der Waals surface area contributed by atoms with Gasteiger partial charge in [0.25, 0.3) is 5.91 Å². The first-order valence-corrected chi connectivity index (χ1v) is 13.1. The predicted octanol–water partition coefficient (Wildman–Crippen LogP) is 3.82. The van der Waals surface area contributed by atoms with Crippen molar-refractivity contribution in [2.24, 2.45) is 5.92 Å². The largest absolute Gasteiger partial charge is 0.340 e. The highest BCUT2D eigenvalue weighted by Gasteiger charge is 2.32. The highest BCUT2D eigenvalue weighted by Crippen LogP contribution is 2.38. The highest BCUT2D eigenvalue weighted by atomic mass is 32.2. The van der Waals surface area contributed by atoms with Crippen molar-refractivity contribution in [2.75, 3.05) is 6.54 Å². The number of benzene rings is 2. The molecule has 0 radical (unpaired) electrons. The van der Waals surface area contributed by atoms with Crippen LogP contribution in [0.25, 0.3) is 0 Å². The third kappa shape index (κ3) is 4.50. The summed E-state index contributed by atoms with van der Waals surface area (Å²) < 4.78 is 33.6. The fourth-order valence-electron chi connectivity index (χ4n) is 4.24. The van der Waals surface area contributed by atoms with Gasteiger partial charge >= 0.3 is 0 Å². The second-order valence-corrected chi connectivity index (χ2v) is 11.3. The minimum absolute atomic E-state index is 0.0109. The van der Waals surface area contributed by atoms with E-state index in [9.17, 15) is 13.2 Å². The van der Waals surface area contributed by atoms with Gasteiger partial charge in [-0.1, -0.05) is 49.3 Å². The first-order valence-electron chi connectivity index (χ1n) is 11.6. The zero-order valence-corrected chi connectivity index (χ0v) is 20.1. The van der Waals surface area contributed by atoms with Crippen LogP contribution >= 0.6 is 0 Å². The van der Waals surface area contributed by atoms with Gasteiger partial charge in [-0.3, -0.25) is 4.79 Å². The topological polar surface area (TPSA) is 105 Å². The van der Waals surface area contributed by atoms with E-state index in [2.05, 4.69) is 15.5 Å². The molecule has 34 heavy (non-hydrogen) atoms. The monoisotopic (exact) mass is 480 g/mol. The van der Waals surface area contributed by atoms with Crippen molar-refractivity contribution in [3.8, 4) is 0 Å². The lowest BCUT2D eigenvalue weighted by Gasteiger charge is -2.28. The van der Waals surface area contributed by atoms with E-state index in [1.807, 2.05) is 38.1 Å². The molecular weight excluding hydrogens is 452 g/mol. The number of hydrogen-bond acceptors (Lipinski definition) is 6. The molecule has 1 aliphatic carbocycles. The quantitative estimate of drug-likeness (QED) is 0.551. The fraction of sp³-hybridized carbons (Fsp3) is 0.400. The maximum atomic E-state index is 13.4. The van der Waals surface area contributed by atoms with Gasteiger partial charge in [-0.25, -0.2) is 8.42 Å². The van der Waals surface area contributed by atoms with E-state index in [0.717, 1.165) is 18.4 Å². The number of nitrogens with one attached hydrogen (secondary N) is 1. The van der Waals surface area contributed by atoms with Gasteiger partial charge in [0.2, 0.25) is 15.9 Å². The number of sulfonamides is 1. The Morgan fingerprint density at radius 3 is 2.62 bits per heavy atom. The number of aromatic nitrogens is 2. The molecule has 2 aliphatic rings. The number of carbonyl (C=O) groups excluding carboxylic acids is 1. The van der Waals surface area contributed by atoms with Crippen LogP contribution < -0.4 is 5.32 Å². The molecule has 0 bridgehead atoms. The molecule has 1 atom stereocenters. The minimum Gasteiger partial charge on any atom is -0.340 e. The van der Waals surface area contributed by atoms with Gasteiger partial charge in [0.15, 0.2) is 5.82 Å². The second kappa shape index (κ2) is 8.96. The van der Waals surface area contributed by atoms with Gasteiger partial charge in [0, 0.05) is 24.6 Å². The maximum Gasteiger partial charge on any atom is 0.251 e. The van der Waals surface area contributed by atoms with E-state index in [1.165, 1.54) is 22.0 Å². The molecule has 1 aliphatic heterocycles. The SMILES string of the molecule is CC(C)C(NC(=O)c1cccc(S(=O)(=O)N2CCc3ccccc3C2)c1)c1nc(C2CC2)no1. The Bertz CT molecular complexity index is 1310. The molecule has 1 amide bonds. The molecule has 2 aromatic carbocycles. The van der Waals surface area contributed by atoms with E-state index in [-0.39, 0.29) is 22.3 Å². The van der Waals surface area contributed by atoms with Crippen LogP contribution in [0, 0.1) is 5.92 Å². The first-order chi connectivity index (χ1) is 16.3. The molecule has 1 aromatic heterocycles. The van der Waals surface area contributed by atoms with Crippen molar-refractivity contribution in [1.29, 1.82) is 0 Å². The molecule has 8 nitrogen and oxygen atoms in total. The number of nitrogens with zero attached hydrogens (tertiary/aromatic N) is 3. The Morgan fingerprint density at radius 1 is 1.12 bits per heavy atom. The highest BCUT2D eigenvalue weighted by molar-refractivity contribution is 7.89. The smallest absolute Gasteiger partial charge is 0.251 e. The van der Waals surface area contributed by atoms with Crippen LogP contribution in [0.5, 0.6) is 0 Å². The van der Waals surface area contributed by atoms with E-state index in [0.29, 0.717) is 37.1 Å². The van der Waals surface area contributed by atoms with Crippen LogP contribution in [-0.2, 0) is 23.0 Å². The van der Waals surface area contributed by atoms with Gasteiger partial charge in [0.1, 0.15) is 6.04 Å². The van der Waals surface area contributed by atoms with Gasteiger partial charge in [-0.15, -0.1) is 0 Å². The Hall–Kier alpha value is -3.04. The molecule has 2 heterocycles. The van der Waals surface area contributed by atoms with Crippen molar-refractivity contribution in [1.82, 2.24) is 19.8 Å². The van der Waals surface area contributed by atoms with Crippen molar-refractivity contribution in [3.05, 3.63) is 76.9 Å². The van der Waals surface area contributed by atoms with Crippen LogP contribution in [0.4, 0.5) is 0 Å². The summed E-state index contributed by atoms with van der Waals surface area (Å²) in [6.45, 7) is 4.65. The molecule has 1 unspecified atom stereocenters. The molecule has 0 spiro atoms. The molecule has 5 rings (SSSR count). The number of carbonyl (C=O) groups is 1. The lowest BCUT2D eigenvalue weighted by atomic mass is 10.0. The van der Waals surface area contributed by atoms with E-state index in [4.69, 9.17) is 4.52 Å². The predicted molar refractivity (Wildman–Crippen MR) is 126 cm³/mol. The molecule has 0 saturated heterocycles. The molecule has 178 valence electrons. The molecule has 1 fully saturated rings. The average Bonchev–Trinajstić information content (AvgIpc) is 3.59. The molecule has 9 heteroatoms. The Morgan fingerprint density at radius 2 is 1.88 bits per heavy atom. The molecular formula is C25H28N4O4S. The fourth-order valence-corrected chi connectivity index (χ4v) is 5.71. The van der Waals surface area contributed by atoms with Gasteiger partial charge in [-0.2, -0.15) is 9.29 Å². The number of rotatable bonds is 7. The minimum atomic E-state index is -3.74. The summed E-state index contributed by atoms with van der Waals surface area (Å²) in [7, 11) is -3.74. The van der Waals surface area contributed by atoms with E-state index >= 15 is 0 Å². The summed E-state index contributed by atoms with van der Waals surface area (Å²) in [4.78, 5) is 17.7. The summed E-state index contributed by atoms with van der Waals surface area (Å²) in [6, 6.07) is 13.6. The third-order valence-electron chi connectivity index (χ3n) is 6.45. The van der Waals surface area contributed by atoms with Crippen LogP contribution in [-0.4, -0.2) is 35.3 Å². The second-order valence-electron chi connectivity index (χ2n) is 9.35. The maximum absolute atomic E-state index is 13.4. The first kappa shape index (κ1) is 22.7. The number of hydrogen-bond donors (Lipinski definition) is 1. The van der Waals surface area contributed by atoms with Crippen LogP contribution in [0.1, 0.15) is 71.8 Å². The summed E-state index contributed by atoms with van der Waals surface area (Å²) in [5, 5.41) is 7.00. The Balaban J connectivity index is 1.35. The van der Waals surface area contributed by atoms with E-state index in [1.54, 1.807) is 12.1 Å². The van der Waals surface area contributed by atoms with Crippen molar-refractivity contribution < 1.29 is 17.7 Å². The van der Waals surface area contributed by atoms with Crippen LogP contribution in [0.3, 0.4) is 0 Å². The van der Waals surface area contributed by atoms with Gasteiger partial charge < -0.3 is 9.84 Å². The van der Waals surface area contributed by atoms with Crippen molar-refractivity contribution >= 4 is 15.9 Å². The molecule has 1 saturated carbocycles. The zero-order chi connectivity index (χ0) is 23.9. The lowest BCUT2D eigenvalue weighted by molar-refractivity contribution is 0.0913. The average molecular weight is 481 g/mol. The third-order valence-corrected chi connectivity index (χ3v) is 8.29. The zero-order valence-electron chi connectivity index (χ0n) is 19.3. The Kier molecular flexibility index (Phi) is 5.99. The molecule has 3 aromatic rings. The summed E-state index contributed by atoms with van der Waals surface area (Å²) in [5.74, 6) is 1.04. The summed E-state index contributed by atoms with van der Waals surface area (Å²) in [6.07, 6.45) is 2.78. The van der Waals surface area contributed by atoms with Gasteiger partial charge in [0.05, 0.1) is 4.90 Å².